The van der Waals surface area contributed by atoms with E-state index in [2.05, 4.69) is 5.32 Å². The van der Waals surface area contributed by atoms with Gasteiger partial charge >= 0.3 is 0 Å². The van der Waals surface area contributed by atoms with Crippen molar-refractivity contribution < 1.29 is 9.90 Å². The van der Waals surface area contributed by atoms with E-state index in [1.807, 2.05) is 44.2 Å². The molecule has 0 aliphatic carbocycles. The number of rotatable bonds is 6. The molecule has 1 aromatic rings. The minimum Gasteiger partial charge on any atom is -0.391 e. The van der Waals surface area contributed by atoms with Gasteiger partial charge < -0.3 is 10.4 Å². The number of aliphatic hydroxyl groups is 1. The van der Waals surface area contributed by atoms with Crippen LogP contribution in [0.3, 0.4) is 0 Å². The van der Waals surface area contributed by atoms with Gasteiger partial charge in [0.25, 0.3) is 0 Å². The van der Waals surface area contributed by atoms with Gasteiger partial charge in [-0.05, 0) is 18.4 Å². The third-order valence-corrected chi connectivity index (χ3v) is 2.91. The summed E-state index contributed by atoms with van der Waals surface area (Å²) in [7, 11) is 0. The SMILES string of the molecule is CCC(O)CNC(=O)C(CC)c1ccccc1. The van der Waals surface area contributed by atoms with E-state index in [-0.39, 0.29) is 11.8 Å². The molecule has 17 heavy (non-hydrogen) atoms. The van der Waals surface area contributed by atoms with E-state index < -0.39 is 6.10 Å². The maximum atomic E-state index is 12.0. The number of benzene rings is 1. The first kappa shape index (κ1) is 13.7. The van der Waals surface area contributed by atoms with Crippen molar-refractivity contribution >= 4 is 5.91 Å². The summed E-state index contributed by atoms with van der Waals surface area (Å²) in [5.74, 6) is -0.133. The first-order chi connectivity index (χ1) is 8.19. The van der Waals surface area contributed by atoms with Crippen LogP contribution in [0.1, 0.15) is 38.2 Å². The van der Waals surface area contributed by atoms with Gasteiger partial charge in [-0.2, -0.15) is 0 Å². The number of hydrogen-bond donors (Lipinski definition) is 2. The van der Waals surface area contributed by atoms with E-state index >= 15 is 0 Å². The zero-order valence-electron chi connectivity index (χ0n) is 10.5. The second-order valence-corrected chi connectivity index (χ2v) is 4.18. The minimum atomic E-state index is -0.452. The van der Waals surface area contributed by atoms with E-state index in [0.717, 1.165) is 12.0 Å². The zero-order chi connectivity index (χ0) is 12.7. The molecule has 3 heteroatoms. The van der Waals surface area contributed by atoms with Crippen LogP contribution in [0.4, 0.5) is 0 Å². The van der Waals surface area contributed by atoms with Crippen LogP contribution in [0, 0.1) is 0 Å². The molecule has 0 radical (unpaired) electrons. The van der Waals surface area contributed by atoms with Gasteiger partial charge in [0.05, 0.1) is 12.0 Å². The van der Waals surface area contributed by atoms with Gasteiger partial charge in [-0.3, -0.25) is 4.79 Å². The molecular formula is C14H21NO2. The summed E-state index contributed by atoms with van der Waals surface area (Å²) in [5.41, 5.74) is 1.03. The van der Waals surface area contributed by atoms with Crippen molar-refractivity contribution in [3.63, 3.8) is 0 Å². The summed E-state index contributed by atoms with van der Waals surface area (Å²) in [5, 5.41) is 12.2. The van der Waals surface area contributed by atoms with E-state index in [4.69, 9.17) is 0 Å². The lowest BCUT2D eigenvalue weighted by Crippen LogP contribution is -2.35. The lowest BCUT2D eigenvalue weighted by Gasteiger charge is -2.16. The largest absolute Gasteiger partial charge is 0.391 e. The highest BCUT2D eigenvalue weighted by Gasteiger charge is 2.18. The molecule has 0 saturated heterocycles. The zero-order valence-corrected chi connectivity index (χ0v) is 10.5. The fourth-order valence-corrected chi connectivity index (χ4v) is 1.74. The predicted octanol–water partition coefficient (Wildman–Crippen LogP) is 2.07. The number of aliphatic hydroxyl groups excluding tert-OH is 1. The number of nitrogens with one attached hydrogen (secondary N) is 1. The Labute approximate surface area is 103 Å². The van der Waals surface area contributed by atoms with Crippen LogP contribution in [0.2, 0.25) is 0 Å². The van der Waals surface area contributed by atoms with E-state index in [1.165, 1.54) is 0 Å². The first-order valence-corrected chi connectivity index (χ1v) is 6.19. The molecule has 2 atom stereocenters. The summed E-state index contributed by atoms with van der Waals surface area (Å²) >= 11 is 0. The second-order valence-electron chi connectivity index (χ2n) is 4.18. The topological polar surface area (TPSA) is 49.3 Å². The highest BCUT2D eigenvalue weighted by molar-refractivity contribution is 5.83. The van der Waals surface area contributed by atoms with Crippen molar-refractivity contribution in [1.82, 2.24) is 5.32 Å². The maximum absolute atomic E-state index is 12.0. The summed E-state index contributed by atoms with van der Waals surface area (Å²) in [4.78, 5) is 12.0. The summed E-state index contributed by atoms with van der Waals surface area (Å²) < 4.78 is 0. The molecule has 0 heterocycles. The average Bonchev–Trinajstić information content (AvgIpc) is 2.38. The van der Waals surface area contributed by atoms with Gasteiger partial charge in [0.1, 0.15) is 0 Å². The molecule has 3 nitrogen and oxygen atoms in total. The number of hydrogen-bond acceptors (Lipinski definition) is 2. The first-order valence-electron chi connectivity index (χ1n) is 6.19. The standard InChI is InChI=1S/C14H21NO2/c1-3-12(16)10-15-14(17)13(4-2)11-8-6-5-7-9-11/h5-9,12-13,16H,3-4,10H2,1-2H3,(H,15,17). The van der Waals surface area contributed by atoms with E-state index in [0.29, 0.717) is 13.0 Å². The molecular weight excluding hydrogens is 214 g/mol. The van der Waals surface area contributed by atoms with Crippen LogP contribution in [0.15, 0.2) is 30.3 Å². The molecule has 0 saturated carbocycles. The normalized spacial score (nSPS) is 14.1. The van der Waals surface area contributed by atoms with Crippen molar-refractivity contribution in [2.45, 2.75) is 38.7 Å². The van der Waals surface area contributed by atoms with Gasteiger partial charge in [-0.25, -0.2) is 0 Å². The highest BCUT2D eigenvalue weighted by atomic mass is 16.3. The van der Waals surface area contributed by atoms with E-state index in [1.54, 1.807) is 0 Å². The quantitative estimate of drug-likeness (QED) is 0.793. The van der Waals surface area contributed by atoms with Gasteiger partial charge in [0, 0.05) is 6.54 Å². The summed E-state index contributed by atoms with van der Waals surface area (Å²) in [6, 6.07) is 9.74. The third-order valence-electron chi connectivity index (χ3n) is 2.91. The molecule has 1 amide bonds. The van der Waals surface area contributed by atoms with Crippen molar-refractivity contribution in [2.75, 3.05) is 6.54 Å². The Morgan fingerprint density at radius 1 is 1.24 bits per heavy atom. The van der Waals surface area contributed by atoms with Gasteiger partial charge in [0.15, 0.2) is 0 Å². The van der Waals surface area contributed by atoms with Gasteiger partial charge in [0.2, 0.25) is 5.91 Å². The van der Waals surface area contributed by atoms with Crippen molar-refractivity contribution in [3.05, 3.63) is 35.9 Å². The van der Waals surface area contributed by atoms with Crippen LogP contribution < -0.4 is 5.32 Å². The molecule has 0 fully saturated rings. The molecule has 0 bridgehead atoms. The number of carbonyl (C=O) groups excluding carboxylic acids is 1. The maximum Gasteiger partial charge on any atom is 0.227 e. The van der Waals surface area contributed by atoms with Crippen molar-refractivity contribution in [2.24, 2.45) is 0 Å². The molecule has 2 N–H and O–H groups in total. The molecule has 2 unspecified atom stereocenters. The highest BCUT2D eigenvalue weighted by Crippen LogP contribution is 2.19. The number of carbonyl (C=O) groups is 1. The fraction of sp³-hybridized carbons (Fsp3) is 0.500. The molecule has 94 valence electrons. The Bertz CT molecular complexity index is 337. The van der Waals surface area contributed by atoms with Crippen LogP contribution in [0.25, 0.3) is 0 Å². The third kappa shape index (κ3) is 4.19. The Hall–Kier alpha value is -1.35. The second kappa shape index (κ2) is 7.07. The molecule has 1 rings (SSSR count). The smallest absolute Gasteiger partial charge is 0.227 e. The monoisotopic (exact) mass is 235 g/mol. The van der Waals surface area contributed by atoms with E-state index in [9.17, 15) is 9.90 Å². The van der Waals surface area contributed by atoms with Crippen molar-refractivity contribution in [1.29, 1.82) is 0 Å². The Balaban J connectivity index is 2.59. The van der Waals surface area contributed by atoms with Crippen LogP contribution in [-0.2, 0) is 4.79 Å². The average molecular weight is 235 g/mol. The number of amides is 1. The van der Waals surface area contributed by atoms with Crippen LogP contribution >= 0.6 is 0 Å². The minimum absolute atomic E-state index is 0.00815. The van der Waals surface area contributed by atoms with Crippen molar-refractivity contribution in [3.8, 4) is 0 Å². The predicted molar refractivity (Wildman–Crippen MR) is 68.8 cm³/mol. The molecule has 0 aliphatic rings. The fourth-order valence-electron chi connectivity index (χ4n) is 1.74. The molecule has 0 aromatic heterocycles. The molecule has 0 spiro atoms. The Morgan fingerprint density at radius 3 is 2.41 bits per heavy atom. The summed E-state index contributed by atoms with van der Waals surface area (Å²) in [6.45, 7) is 4.22. The van der Waals surface area contributed by atoms with Crippen LogP contribution in [-0.4, -0.2) is 23.7 Å². The molecule has 1 aromatic carbocycles. The summed E-state index contributed by atoms with van der Waals surface area (Å²) in [6.07, 6.45) is 0.965. The van der Waals surface area contributed by atoms with Gasteiger partial charge in [-0.1, -0.05) is 44.2 Å². The Morgan fingerprint density at radius 2 is 1.88 bits per heavy atom. The van der Waals surface area contributed by atoms with Crippen LogP contribution in [0.5, 0.6) is 0 Å². The lowest BCUT2D eigenvalue weighted by atomic mass is 9.95. The van der Waals surface area contributed by atoms with Gasteiger partial charge in [-0.15, -0.1) is 0 Å². The molecule has 0 aliphatic heterocycles. The Kier molecular flexibility index (Phi) is 5.70. The lowest BCUT2D eigenvalue weighted by molar-refractivity contribution is -0.123.